The number of nitrogens with one attached hydrogen (secondary N) is 1. The Balaban J connectivity index is 1.65. The molecule has 2 N–H and O–H groups in total. The van der Waals surface area contributed by atoms with E-state index in [0.717, 1.165) is 5.56 Å². The Kier molecular flexibility index (Phi) is 6.83. The number of anilines is 2. The van der Waals surface area contributed by atoms with Crippen LogP contribution >= 0.6 is 0 Å². The van der Waals surface area contributed by atoms with E-state index in [1.807, 2.05) is 45.9 Å². The van der Waals surface area contributed by atoms with E-state index in [4.69, 9.17) is 4.74 Å². The summed E-state index contributed by atoms with van der Waals surface area (Å²) in [6, 6.07) is 12.3. The first kappa shape index (κ1) is 25.0. The number of aromatic carboxylic acids is 1. The Hall–Kier alpha value is -4.14. The molecule has 0 saturated carbocycles. The van der Waals surface area contributed by atoms with E-state index in [1.165, 1.54) is 12.3 Å². The lowest BCUT2D eigenvalue weighted by Gasteiger charge is -2.35. The summed E-state index contributed by atoms with van der Waals surface area (Å²) in [7, 11) is 0. The predicted octanol–water partition coefficient (Wildman–Crippen LogP) is 4.68. The van der Waals surface area contributed by atoms with Crippen molar-refractivity contribution in [3.8, 4) is 0 Å². The number of benzene rings is 2. The number of carboxylic acid groups (broad SMARTS) is 1. The number of aryl methyl sites for hydroxylation is 1. The minimum Gasteiger partial charge on any atom is -0.478 e. The van der Waals surface area contributed by atoms with Gasteiger partial charge in [-0.1, -0.05) is 23.8 Å². The maximum absolute atomic E-state index is 13.7. The largest absolute Gasteiger partial charge is 0.478 e. The number of rotatable bonds is 4. The van der Waals surface area contributed by atoms with Crippen molar-refractivity contribution in [2.45, 2.75) is 33.3 Å². The first-order valence-corrected chi connectivity index (χ1v) is 11.8. The number of amides is 2. The highest BCUT2D eigenvalue weighted by atomic mass is 16.6. The fourth-order valence-corrected chi connectivity index (χ4v) is 4.11. The van der Waals surface area contributed by atoms with Gasteiger partial charge in [-0.15, -0.1) is 0 Å². The maximum atomic E-state index is 13.7. The SMILES string of the molecule is Cc1ccc2ncc(C(=O)N3CCN(C(=O)OC(C)(C)C)CC3)c(Nc3ccccc3C(=O)O)c2c1. The van der Waals surface area contributed by atoms with E-state index >= 15 is 0 Å². The minimum atomic E-state index is -1.07. The number of hydrogen-bond acceptors (Lipinski definition) is 6. The van der Waals surface area contributed by atoms with Crippen LogP contribution in [0.25, 0.3) is 10.9 Å². The van der Waals surface area contributed by atoms with Crippen molar-refractivity contribution in [1.82, 2.24) is 14.8 Å². The molecule has 2 heterocycles. The van der Waals surface area contributed by atoms with E-state index in [2.05, 4.69) is 10.3 Å². The van der Waals surface area contributed by atoms with Crippen LogP contribution in [0, 0.1) is 6.92 Å². The smallest absolute Gasteiger partial charge is 0.410 e. The van der Waals surface area contributed by atoms with E-state index in [1.54, 1.807) is 28.0 Å². The minimum absolute atomic E-state index is 0.0967. The molecule has 0 atom stereocenters. The number of pyridine rings is 1. The molecule has 9 nitrogen and oxygen atoms in total. The summed E-state index contributed by atoms with van der Waals surface area (Å²) >= 11 is 0. The number of carboxylic acids is 1. The summed E-state index contributed by atoms with van der Waals surface area (Å²) in [5.74, 6) is -1.32. The van der Waals surface area contributed by atoms with Crippen molar-refractivity contribution >= 4 is 40.2 Å². The first-order valence-electron chi connectivity index (χ1n) is 11.8. The number of fused-ring (bicyclic) bond motifs is 1. The molecule has 1 aliphatic heterocycles. The van der Waals surface area contributed by atoms with Crippen LogP contribution < -0.4 is 5.32 Å². The normalized spacial score (nSPS) is 14.0. The Morgan fingerprint density at radius 1 is 0.972 bits per heavy atom. The lowest BCUT2D eigenvalue weighted by Crippen LogP contribution is -2.51. The standard InChI is InChI=1S/C27H30N4O5/c1-17-9-10-21-19(15-17)23(29-22-8-6-5-7-18(22)25(33)34)20(16-28-21)24(32)30-11-13-31(14-12-30)26(35)36-27(2,3)4/h5-10,15-16H,11-14H2,1-4H3,(H,28,29)(H,33,34). The number of para-hydroxylation sites is 1. The average molecular weight is 491 g/mol. The van der Waals surface area contributed by atoms with Gasteiger partial charge in [0.1, 0.15) is 5.60 Å². The van der Waals surface area contributed by atoms with Gasteiger partial charge in [-0.3, -0.25) is 9.78 Å². The molecular formula is C27H30N4O5. The van der Waals surface area contributed by atoms with Crippen LogP contribution in [0.2, 0.25) is 0 Å². The molecule has 0 unspecified atom stereocenters. The average Bonchev–Trinajstić information content (AvgIpc) is 2.83. The molecule has 0 aliphatic carbocycles. The topological polar surface area (TPSA) is 112 Å². The highest BCUT2D eigenvalue weighted by molar-refractivity contribution is 6.09. The van der Waals surface area contributed by atoms with Gasteiger partial charge in [-0.25, -0.2) is 9.59 Å². The van der Waals surface area contributed by atoms with E-state index in [9.17, 15) is 19.5 Å². The quantitative estimate of drug-likeness (QED) is 0.546. The van der Waals surface area contributed by atoms with Crippen molar-refractivity contribution < 1.29 is 24.2 Å². The van der Waals surface area contributed by atoms with Crippen molar-refractivity contribution in [2.24, 2.45) is 0 Å². The second kappa shape index (κ2) is 9.85. The van der Waals surface area contributed by atoms with Gasteiger partial charge in [0, 0.05) is 37.8 Å². The van der Waals surface area contributed by atoms with Crippen LogP contribution in [0.1, 0.15) is 47.1 Å². The number of nitrogens with zero attached hydrogens (tertiary/aromatic N) is 3. The first-order chi connectivity index (χ1) is 17.0. The van der Waals surface area contributed by atoms with Crippen LogP contribution in [0.5, 0.6) is 0 Å². The monoisotopic (exact) mass is 490 g/mol. The summed E-state index contributed by atoms with van der Waals surface area (Å²) in [6.45, 7) is 8.78. The van der Waals surface area contributed by atoms with Crippen LogP contribution in [0.15, 0.2) is 48.7 Å². The molecule has 3 aromatic rings. The van der Waals surface area contributed by atoms with Gasteiger partial charge in [0.2, 0.25) is 0 Å². The van der Waals surface area contributed by atoms with E-state index in [-0.39, 0.29) is 11.5 Å². The molecule has 0 spiro atoms. The zero-order chi connectivity index (χ0) is 26.0. The molecule has 4 rings (SSSR count). The molecule has 188 valence electrons. The fourth-order valence-electron chi connectivity index (χ4n) is 4.11. The fraction of sp³-hybridized carbons (Fsp3) is 0.333. The van der Waals surface area contributed by atoms with Gasteiger partial charge in [-0.05, 0) is 52.0 Å². The predicted molar refractivity (Wildman–Crippen MR) is 137 cm³/mol. The van der Waals surface area contributed by atoms with Crippen LogP contribution in [-0.2, 0) is 4.74 Å². The van der Waals surface area contributed by atoms with Crippen molar-refractivity contribution in [1.29, 1.82) is 0 Å². The highest BCUT2D eigenvalue weighted by Crippen LogP contribution is 2.32. The van der Waals surface area contributed by atoms with Crippen LogP contribution in [-0.4, -0.2) is 69.6 Å². The van der Waals surface area contributed by atoms with Crippen LogP contribution in [0.3, 0.4) is 0 Å². The van der Waals surface area contributed by atoms with Gasteiger partial charge in [-0.2, -0.15) is 0 Å². The number of carbonyl (C=O) groups excluding carboxylic acids is 2. The van der Waals surface area contributed by atoms with E-state index < -0.39 is 17.7 Å². The van der Waals surface area contributed by atoms with Crippen molar-refractivity contribution in [3.63, 3.8) is 0 Å². The number of piperazine rings is 1. The highest BCUT2D eigenvalue weighted by Gasteiger charge is 2.29. The number of hydrogen-bond donors (Lipinski definition) is 2. The molecule has 1 aromatic heterocycles. The zero-order valence-corrected chi connectivity index (χ0v) is 20.9. The molecule has 9 heteroatoms. The number of aromatic nitrogens is 1. The zero-order valence-electron chi connectivity index (χ0n) is 20.9. The van der Waals surface area contributed by atoms with Crippen molar-refractivity contribution in [2.75, 3.05) is 31.5 Å². The summed E-state index contributed by atoms with van der Waals surface area (Å²) in [4.78, 5) is 45.6. The summed E-state index contributed by atoms with van der Waals surface area (Å²) in [6.07, 6.45) is 1.12. The molecule has 1 saturated heterocycles. The number of carbonyl (C=O) groups is 3. The third-order valence-corrected chi connectivity index (χ3v) is 5.89. The molecule has 0 radical (unpaired) electrons. The third-order valence-electron chi connectivity index (χ3n) is 5.89. The maximum Gasteiger partial charge on any atom is 0.410 e. The Labute approximate surface area is 209 Å². The van der Waals surface area contributed by atoms with Crippen molar-refractivity contribution in [3.05, 3.63) is 65.4 Å². The number of ether oxygens (including phenoxy) is 1. The molecule has 2 aromatic carbocycles. The second-order valence-electron chi connectivity index (χ2n) is 9.80. The second-order valence-corrected chi connectivity index (χ2v) is 9.80. The third kappa shape index (κ3) is 5.40. The summed E-state index contributed by atoms with van der Waals surface area (Å²) in [5.41, 5.74) is 2.38. The Morgan fingerprint density at radius 2 is 1.64 bits per heavy atom. The molecule has 1 fully saturated rings. The lowest BCUT2D eigenvalue weighted by molar-refractivity contribution is 0.0141. The molecule has 1 aliphatic rings. The van der Waals surface area contributed by atoms with E-state index in [0.29, 0.717) is 54.0 Å². The Morgan fingerprint density at radius 3 is 2.31 bits per heavy atom. The van der Waals surface area contributed by atoms with Gasteiger partial charge in [0.25, 0.3) is 5.91 Å². The van der Waals surface area contributed by atoms with Gasteiger partial charge in [0.15, 0.2) is 0 Å². The summed E-state index contributed by atoms with van der Waals surface area (Å²) < 4.78 is 5.45. The Bertz CT molecular complexity index is 1320. The van der Waals surface area contributed by atoms with Gasteiger partial charge >= 0.3 is 12.1 Å². The lowest BCUT2D eigenvalue weighted by atomic mass is 10.0. The molecular weight excluding hydrogens is 460 g/mol. The molecule has 2 amide bonds. The van der Waals surface area contributed by atoms with Crippen LogP contribution in [0.4, 0.5) is 16.2 Å². The summed E-state index contributed by atoms with van der Waals surface area (Å²) in [5, 5.41) is 13.6. The molecule has 36 heavy (non-hydrogen) atoms. The van der Waals surface area contributed by atoms with Gasteiger partial charge in [0.05, 0.1) is 28.0 Å². The molecule has 0 bridgehead atoms. The van der Waals surface area contributed by atoms with Gasteiger partial charge < -0.3 is 25.0 Å².